The minimum absolute atomic E-state index is 0.348. The second kappa shape index (κ2) is 4.72. The standard InChI is InChI=1S/C12H22FN/c1-7-8-14-10(2)9-12(6,13)11(3,4)5/h7-8H,9H2,1-6H3/b8-7-,14-10-. The predicted octanol–water partition coefficient (Wildman–Crippen LogP) is 4.15. The van der Waals surface area contributed by atoms with Crippen molar-refractivity contribution in [3.8, 4) is 0 Å². The summed E-state index contributed by atoms with van der Waals surface area (Å²) in [5.74, 6) is 0. The van der Waals surface area contributed by atoms with Gasteiger partial charge in [-0.25, -0.2) is 4.39 Å². The second-order valence-corrected chi connectivity index (χ2v) is 4.97. The van der Waals surface area contributed by atoms with Crippen LogP contribution < -0.4 is 0 Å². The van der Waals surface area contributed by atoms with Crippen molar-refractivity contribution >= 4 is 5.71 Å². The highest BCUT2D eigenvalue weighted by Gasteiger charge is 2.37. The van der Waals surface area contributed by atoms with Gasteiger partial charge in [0.15, 0.2) is 0 Å². The monoisotopic (exact) mass is 199 g/mol. The summed E-state index contributed by atoms with van der Waals surface area (Å²) in [6.45, 7) is 11.1. The molecule has 82 valence electrons. The van der Waals surface area contributed by atoms with Crippen LogP contribution in [0.3, 0.4) is 0 Å². The Morgan fingerprint density at radius 2 is 1.79 bits per heavy atom. The molecule has 14 heavy (non-hydrogen) atoms. The second-order valence-electron chi connectivity index (χ2n) is 4.97. The third kappa shape index (κ3) is 4.03. The number of hydrogen-bond donors (Lipinski definition) is 0. The zero-order valence-corrected chi connectivity index (χ0v) is 10.2. The molecule has 0 aliphatic heterocycles. The first-order valence-electron chi connectivity index (χ1n) is 5.04. The first-order valence-corrected chi connectivity index (χ1v) is 5.04. The highest BCUT2D eigenvalue weighted by Crippen LogP contribution is 2.36. The smallest absolute Gasteiger partial charge is 0.118 e. The van der Waals surface area contributed by atoms with Crippen LogP contribution in [0.2, 0.25) is 0 Å². The highest BCUT2D eigenvalue weighted by atomic mass is 19.1. The molecule has 0 radical (unpaired) electrons. The molecule has 1 atom stereocenters. The summed E-state index contributed by atoms with van der Waals surface area (Å²) in [6.07, 6.45) is 3.94. The molecule has 0 aliphatic rings. The molecular formula is C12H22FN. The van der Waals surface area contributed by atoms with Crippen molar-refractivity contribution < 1.29 is 4.39 Å². The van der Waals surface area contributed by atoms with Crippen LogP contribution in [0.15, 0.2) is 17.3 Å². The van der Waals surface area contributed by atoms with E-state index in [0.29, 0.717) is 6.42 Å². The van der Waals surface area contributed by atoms with Crippen LogP contribution in [0, 0.1) is 5.41 Å². The van der Waals surface area contributed by atoms with E-state index in [1.807, 2.05) is 40.7 Å². The fourth-order valence-electron chi connectivity index (χ4n) is 0.993. The van der Waals surface area contributed by atoms with E-state index in [1.54, 1.807) is 13.1 Å². The van der Waals surface area contributed by atoms with E-state index in [1.165, 1.54) is 0 Å². The summed E-state index contributed by atoms with van der Waals surface area (Å²) in [5, 5.41) is 0. The molecule has 0 saturated heterocycles. The van der Waals surface area contributed by atoms with Gasteiger partial charge in [-0.05, 0) is 26.2 Å². The molecule has 0 spiro atoms. The molecule has 0 saturated carbocycles. The van der Waals surface area contributed by atoms with E-state index in [-0.39, 0.29) is 5.41 Å². The van der Waals surface area contributed by atoms with E-state index in [9.17, 15) is 4.39 Å². The summed E-state index contributed by atoms with van der Waals surface area (Å²) in [7, 11) is 0. The lowest BCUT2D eigenvalue weighted by Gasteiger charge is -2.34. The number of hydrogen-bond acceptors (Lipinski definition) is 1. The topological polar surface area (TPSA) is 12.4 Å². The lowest BCUT2D eigenvalue weighted by Crippen LogP contribution is -2.36. The molecule has 2 heteroatoms. The van der Waals surface area contributed by atoms with Crippen LogP contribution in [0.25, 0.3) is 0 Å². The van der Waals surface area contributed by atoms with Crippen LogP contribution in [0.1, 0.15) is 48.0 Å². The molecule has 1 nitrogen and oxygen atoms in total. The number of nitrogens with zero attached hydrogens (tertiary/aromatic N) is 1. The van der Waals surface area contributed by atoms with Gasteiger partial charge in [0.2, 0.25) is 0 Å². The summed E-state index contributed by atoms with van der Waals surface area (Å²) in [6, 6.07) is 0. The SMILES string of the molecule is C/C=C\N=C(\C)CC(C)(F)C(C)(C)C. The van der Waals surface area contributed by atoms with Gasteiger partial charge in [0.05, 0.1) is 0 Å². The number of halogens is 1. The van der Waals surface area contributed by atoms with Crippen molar-refractivity contribution in [2.45, 2.75) is 53.6 Å². The molecule has 0 aliphatic carbocycles. The Balaban J connectivity index is 4.52. The van der Waals surface area contributed by atoms with Gasteiger partial charge < -0.3 is 0 Å². The number of aliphatic imine (C=N–C) groups is 1. The van der Waals surface area contributed by atoms with Crippen LogP contribution in [-0.2, 0) is 0 Å². The lowest BCUT2D eigenvalue weighted by molar-refractivity contribution is 0.0559. The minimum atomic E-state index is -1.21. The van der Waals surface area contributed by atoms with Crippen LogP contribution >= 0.6 is 0 Å². The molecule has 0 fully saturated rings. The zero-order valence-electron chi connectivity index (χ0n) is 10.2. The van der Waals surface area contributed by atoms with Gasteiger partial charge in [0, 0.05) is 18.3 Å². The molecule has 0 rings (SSSR count). The third-order valence-corrected chi connectivity index (χ3v) is 2.60. The molecule has 0 bridgehead atoms. The van der Waals surface area contributed by atoms with Crippen LogP contribution in [0.5, 0.6) is 0 Å². The Morgan fingerprint density at radius 3 is 2.14 bits per heavy atom. The van der Waals surface area contributed by atoms with E-state index < -0.39 is 5.67 Å². The molecule has 1 unspecified atom stereocenters. The van der Waals surface area contributed by atoms with E-state index in [4.69, 9.17) is 0 Å². The van der Waals surface area contributed by atoms with Crippen LogP contribution in [0.4, 0.5) is 4.39 Å². The van der Waals surface area contributed by atoms with E-state index in [2.05, 4.69) is 4.99 Å². The van der Waals surface area contributed by atoms with Gasteiger partial charge in [-0.3, -0.25) is 4.99 Å². The van der Waals surface area contributed by atoms with E-state index >= 15 is 0 Å². The molecule has 0 N–H and O–H groups in total. The third-order valence-electron chi connectivity index (χ3n) is 2.60. The zero-order chi connectivity index (χ0) is 11.4. The molecule has 0 aromatic carbocycles. The first-order chi connectivity index (χ1) is 6.20. The average molecular weight is 199 g/mol. The molecule has 0 amide bonds. The quantitative estimate of drug-likeness (QED) is 0.606. The molecule has 0 heterocycles. The van der Waals surface area contributed by atoms with Crippen molar-refractivity contribution in [3.05, 3.63) is 12.3 Å². The maximum atomic E-state index is 14.2. The number of alkyl halides is 1. The van der Waals surface area contributed by atoms with Crippen molar-refractivity contribution in [3.63, 3.8) is 0 Å². The number of rotatable bonds is 3. The van der Waals surface area contributed by atoms with E-state index in [0.717, 1.165) is 5.71 Å². The Morgan fingerprint density at radius 1 is 1.29 bits per heavy atom. The van der Waals surface area contributed by atoms with Gasteiger partial charge in [0.25, 0.3) is 0 Å². The maximum Gasteiger partial charge on any atom is 0.118 e. The van der Waals surface area contributed by atoms with Gasteiger partial charge in [-0.15, -0.1) is 0 Å². The molecule has 0 aromatic rings. The van der Waals surface area contributed by atoms with Crippen molar-refractivity contribution in [1.29, 1.82) is 0 Å². The Bertz CT molecular complexity index is 231. The largest absolute Gasteiger partial charge is 0.266 e. The Kier molecular flexibility index (Phi) is 4.50. The Hall–Kier alpha value is -0.660. The summed E-state index contributed by atoms with van der Waals surface area (Å²) in [4.78, 5) is 4.14. The van der Waals surface area contributed by atoms with Crippen molar-refractivity contribution in [2.24, 2.45) is 10.4 Å². The predicted molar refractivity (Wildman–Crippen MR) is 61.5 cm³/mol. The average Bonchev–Trinajstić information content (AvgIpc) is 1.97. The summed E-state index contributed by atoms with van der Waals surface area (Å²) < 4.78 is 14.2. The van der Waals surface area contributed by atoms with Gasteiger partial charge in [-0.1, -0.05) is 26.8 Å². The number of allylic oxidation sites excluding steroid dienone is 1. The summed E-state index contributed by atoms with van der Waals surface area (Å²) >= 11 is 0. The fourth-order valence-corrected chi connectivity index (χ4v) is 0.993. The first kappa shape index (κ1) is 13.3. The Labute approximate surface area is 87.1 Å². The van der Waals surface area contributed by atoms with Crippen LogP contribution in [-0.4, -0.2) is 11.4 Å². The van der Waals surface area contributed by atoms with Gasteiger partial charge >= 0.3 is 0 Å². The molecular weight excluding hydrogens is 177 g/mol. The summed E-state index contributed by atoms with van der Waals surface area (Å²) in [5.41, 5.74) is -0.718. The minimum Gasteiger partial charge on any atom is -0.266 e. The fraction of sp³-hybridized carbons (Fsp3) is 0.750. The highest BCUT2D eigenvalue weighted by molar-refractivity contribution is 5.83. The molecule has 0 aromatic heterocycles. The van der Waals surface area contributed by atoms with Gasteiger partial charge in [-0.2, -0.15) is 0 Å². The lowest BCUT2D eigenvalue weighted by atomic mass is 9.76. The van der Waals surface area contributed by atoms with Crippen molar-refractivity contribution in [2.75, 3.05) is 0 Å². The normalized spacial score (nSPS) is 18.6. The van der Waals surface area contributed by atoms with Gasteiger partial charge in [0.1, 0.15) is 5.67 Å². The van der Waals surface area contributed by atoms with Crippen molar-refractivity contribution in [1.82, 2.24) is 0 Å². The maximum absolute atomic E-state index is 14.2.